The Morgan fingerprint density at radius 3 is 2.80 bits per heavy atom. The molecule has 0 spiro atoms. The molecule has 4 nitrogen and oxygen atoms in total. The van der Waals surface area contributed by atoms with Gasteiger partial charge in [-0.05, 0) is 35.2 Å². The van der Waals surface area contributed by atoms with Gasteiger partial charge in [0.15, 0.2) is 5.96 Å². The number of benzene rings is 1. The summed E-state index contributed by atoms with van der Waals surface area (Å²) in [5.74, 6) is 0.939. The second-order valence-electron chi connectivity index (χ2n) is 5.29. The van der Waals surface area contributed by atoms with Gasteiger partial charge in [-0.1, -0.05) is 26.0 Å². The normalized spacial score (nSPS) is 11.9. The van der Waals surface area contributed by atoms with Gasteiger partial charge >= 0.3 is 0 Å². The molecule has 0 atom stereocenters. The average Bonchev–Trinajstić information content (AvgIpc) is 2.82. The van der Waals surface area contributed by atoms with E-state index in [1.54, 1.807) is 0 Å². The van der Waals surface area contributed by atoms with Gasteiger partial charge in [-0.3, -0.25) is 0 Å². The minimum atomic E-state index is 0.440. The highest BCUT2D eigenvalue weighted by atomic mass is 15.1. The number of nitrogens with two attached hydrogens (primary N) is 1. The lowest BCUT2D eigenvalue weighted by molar-refractivity contribution is 0.867. The van der Waals surface area contributed by atoms with Gasteiger partial charge < -0.3 is 15.6 Å². The summed E-state index contributed by atoms with van der Waals surface area (Å²) < 4.78 is 2.00. The third-order valence-corrected chi connectivity index (χ3v) is 3.15. The van der Waals surface area contributed by atoms with E-state index in [-0.39, 0.29) is 0 Å². The molecule has 1 aromatic carbocycles. The molecule has 4 heteroatoms. The van der Waals surface area contributed by atoms with Crippen molar-refractivity contribution in [2.45, 2.75) is 26.3 Å². The number of hydrogen-bond acceptors (Lipinski definition) is 1. The molecule has 2 aromatic rings. The van der Waals surface area contributed by atoms with Crippen LogP contribution in [-0.2, 0) is 13.6 Å². The van der Waals surface area contributed by atoms with Crippen molar-refractivity contribution in [1.82, 2.24) is 4.57 Å². The maximum atomic E-state index is 5.92. The van der Waals surface area contributed by atoms with Crippen molar-refractivity contribution in [1.29, 1.82) is 0 Å². The summed E-state index contributed by atoms with van der Waals surface area (Å²) in [6.07, 6.45) is 4.04. The van der Waals surface area contributed by atoms with Crippen molar-refractivity contribution in [3.63, 3.8) is 0 Å². The molecule has 2 rings (SSSR count). The lowest BCUT2D eigenvalue weighted by Crippen LogP contribution is -2.22. The van der Waals surface area contributed by atoms with E-state index in [9.17, 15) is 0 Å². The molecule has 0 aliphatic rings. The number of aliphatic imine (C=N–C) groups is 1. The highest BCUT2D eigenvalue weighted by Crippen LogP contribution is 2.18. The maximum Gasteiger partial charge on any atom is 0.193 e. The largest absolute Gasteiger partial charge is 0.370 e. The van der Waals surface area contributed by atoms with Gasteiger partial charge in [0.25, 0.3) is 0 Å². The number of rotatable bonds is 4. The van der Waals surface area contributed by atoms with Gasteiger partial charge in [0.05, 0.1) is 6.54 Å². The second-order valence-corrected chi connectivity index (χ2v) is 5.29. The van der Waals surface area contributed by atoms with Crippen LogP contribution in [0.5, 0.6) is 0 Å². The lowest BCUT2D eigenvalue weighted by atomic mass is 10.0. The molecule has 0 fully saturated rings. The number of nitrogens with zero attached hydrogens (tertiary/aromatic N) is 2. The van der Waals surface area contributed by atoms with Crippen molar-refractivity contribution in [2.75, 3.05) is 5.32 Å². The van der Waals surface area contributed by atoms with Crippen LogP contribution in [0.1, 0.15) is 30.9 Å². The minimum Gasteiger partial charge on any atom is -0.370 e. The predicted molar refractivity (Wildman–Crippen MR) is 84.9 cm³/mol. The van der Waals surface area contributed by atoms with Crippen LogP contribution in [-0.4, -0.2) is 10.5 Å². The SMILES string of the molecule is CC(C)c1cccc(NC(N)=NCc2ccn(C)c2)c1. The Labute approximate surface area is 120 Å². The van der Waals surface area contributed by atoms with Crippen molar-refractivity contribution in [3.05, 3.63) is 53.9 Å². The van der Waals surface area contributed by atoms with Gasteiger partial charge in [0.1, 0.15) is 0 Å². The van der Waals surface area contributed by atoms with Crippen LogP contribution in [0.15, 0.2) is 47.7 Å². The number of hydrogen-bond donors (Lipinski definition) is 2. The number of aryl methyl sites for hydroxylation is 1. The zero-order valence-electron chi connectivity index (χ0n) is 12.3. The van der Waals surface area contributed by atoms with Crippen molar-refractivity contribution in [3.8, 4) is 0 Å². The smallest absolute Gasteiger partial charge is 0.193 e. The Bertz CT molecular complexity index is 596. The molecule has 1 heterocycles. The fourth-order valence-electron chi connectivity index (χ4n) is 1.99. The Morgan fingerprint density at radius 1 is 1.35 bits per heavy atom. The number of guanidine groups is 1. The fraction of sp³-hybridized carbons (Fsp3) is 0.312. The van der Waals surface area contributed by atoms with E-state index < -0.39 is 0 Å². The first-order valence-corrected chi connectivity index (χ1v) is 6.82. The third-order valence-electron chi connectivity index (χ3n) is 3.15. The first kappa shape index (κ1) is 14.2. The standard InChI is InChI=1S/C16H22N4/c1-12(2)14-5-4-6-15(9-14)19-16(17)18-10-13-7-8-20(3)11-13/h4-9,11-12H,10H2,1-3H3,(H3,17,18,19). The predicted octanol–water partition coefficient (Wildman–Crippen LogP) is 3.08. The molecule has 0 aliphatic heterocycles. The molecule has 3 N–H and O–H groups in total. The molecule has 0 saturated heterocycles. The van der Waals surface area contributed by atoms with Gasteiger partial charge in [-0.25, -0.2) is 4.99 Å². The topological polar surface area (TPSA) is 55.3 Å². The summed E-state index contributed by atoms with van der Waals surface area (Å²) in [4.78, 5) is 4.35. The molecule has 0 unspecified atom stereocenters. The maximum absolute atomic E-state index is 5.92. The molecule has 20 heavy (non-hydrogen) atoms. The molecule has 1 aromatic heterocycles. The number of aromatic nitrogens is 1. The highest BCUT2D eigenvalue weighted by Gasteiger charge is 2.01. The Balaban J connectivity index is 2.00. The lowest BCUT2D eigenvalue weighted by Gasteiger charge is -2.09. The Kier molecular flexibility index (Phi) is 4.45. The van der Waals surface area contributed by atoms with Gasteiger partial charge in [0.2, 0.25) is 0 Å². The first-order valence-electron chi connectivity index (χ1n) is 6.82. The van der Waals surface area contributed by atoms with Crippen LogP contribution in [0.2, 0.25) is 0 Å². The van der Waals surface area contributed by atoms with E-state index >= 15 is 0 Å². The summed E-state index contributed by atoms with van der Waals surface area (Å²) in [6.45, 7) is 4.93. The van der Waals surface area contributed by atoms with E-state index in [4.69, 9.17) is 5.73 Å². The second kappa shape index (κ2) is 6.28. The summed E-state index contributed by atoms with van der Waals surface area (Å²) in [5, 5.41) is 3.14. The highest BCUT2D eigenvalue weighted by molar-refractivity contribution is 5.92. The number of anilines is 1. The molecule has 0 bridgehead atoms. The molecule has 0 saturated carbocycles. The average molecular weight is 270 g/mol. The van der Waals surface area contributed by atoms with Crippen molar-refractivity contribution in [2.24, 2.45) is 17.8 Å². The molecule has 0 aliphatic carbocycles. The van der Waals surface area contributed by atoms with E-state index in [2.05, 4.69) is 36.3 Å². The first-order chi connectivity index (χ1) is 9.54. The van der Waals surface area contributed by atoms with E-state index in [0.29, 0.717) is 18.4 Å². The molecule has 106 valence electrons. The summed E-state index contributed by atoms with van der Waals surface area (Å²) in [5.41, 5.74) is 9.33. The quantitative estimate of drug-likeness (QED) is 0.662. The van der Waals surface area contributed by atoms with Crippen LogP contribution in [0.25, 0.3) is 0 Å². The number of nitrogens with one attached hydrogen (secondary N) is 1. The van der Waals surface area contributed by atoms with Gasteiger partial charge in [-0.15, -0.1) is 0 Å². The molecular formula is C16H22N4. The van der Waals surface area contributed by atoms with Crippen molar-refractivity contribution >= 4 is 11.6 Å². The van der Waals surface area contributed by atoms with E-state index in [0.717, 1.165) is 11.3 Å². The third kappa shape index (κ3) is 3.88. The van der Waals surface area contributed by atoms with Gasteiger partial charge in [-0.2, -0.15) is 0 Å². The van der Waals surface area contributed by atoms with Crippen LogP contribution in [0.4, 0.5) is 5.69 Å². The summed E-state index contributed by atoms with van der Waals surface area (Å²) in [7, 11) is 1.99. The summed E-state index contributed by atoms with van der Waals surface area (Å²) in [6, 6.07) is 10.3. The Hall–Kier alpha value is -2.23. The molecular weight excluding hydrogens is 248 g/mol. The van der Waals surface area contributed by atoms with E-state index in [1.807, 2.05) is 42.2 Å². The van der Waals surface area contributed by atoms with E-state index in [1.165, 1.54) is 5.56 Å². The minimum absolute atomic E-state index is 0.440. The van der Waals surface area contributed by atoms with Crippen LogP contribution >= 0.6 is 0 Å². The Morgan fingerprint density at radius 2 is 2.15 bits per heavy atom. The fourth-order valence-corrected chi connectivity index (χ4v) is 1.99. The van der Waals surface area contributed by atoms with Crippen LogP contribution < -0.4 is 11.1 Å². The zero-order chi connectivity index (χ0) is 14.5. The monoisotopic (exact) mass is 270 g/mol. The zero-order valence-corrected chi connectivity index (χ0v) is 12.3. The van der Waals surface area contributed by atoms with Gasteiger partial charge in [0, 0.05) is 25.1 Å². The van der Waals surface area contributed by atoms with Crippen LogP contribution in [0, 0.1) is 0 Å². The van der Waals surface area contributed by atoms with Crippen molar-refractivity contribution < 1.29 is 0 Å². The van der Waals surface area contributed by atoms with Crippen LogP contribution in [0.3, 0.4) is 0 Å². The molecule has 0 radical (unpaired) electrons. The summed E-state index contributed by atoms with van der Waals surface area (Å²) >= 11 is 0. The molecule has 0 amide bonds.